The van der Waals surface area contributed by atoms with E-state index in [0.717, 1.165) is 10.6 Å². The van der Waals surface area contributed by atoms with E-state index in [0.29, 0.717) is 11.2 Å². The van der Waals surface area contributed by atoms with Gasteiger partial charge in [0.2, 0.25) is 5.82 Å². The number of nitrogens with zero attached hydrogens (tertiary/aromatic N) is 5. The van der Waals surface area contributed by atoms with Crippen molar-refractivity contribution >= 4 is 23.0 Å². The van der Waals surface area contributed by atoms with Crippen LogP contribution in [0.2, 0.25) is 0 Å². The van der Waals surface area contributed by atoms with Gasteiger partial charge in [-0.15, -0.1) is 11.3 Å². The van der Waals surface area contributed by atoms with E-state index in [4.69, 9.17) is 9.26 Å². The van der Waals surface area contributed by atoms with Gasteiger partial charge in [-0.25, -0.2) is 18.7 Å². The summed E-state index contributed by atoms with van der Waals surface area (Å²) in [5.74, 6) is -0.575. The number of halogens is 1. The maximum Gasteiger partial charge on any atom is 0.344 e. The average Bonchev–Trinajstić information content (AvgIpc) is 3.53. The highest BCUT2D eigenvalue weighted by Gasteiger charge is 2.19. The first kappa shape index (κ1) is 18.1. The lowest BCUT2D eigenvalue weighted by atomic mass is 10.2. The molecule has 0 saturated heterocycles. The number of carbonyl (C=O) groups excluding carboxylic acids is 1. The van der Waals surface area contributed by atoms with E-state index in [-0.39, 0.29) is 29.7 Å². The maximum absolute atomic E-state index is 13.0. The summed E-state index contributed by atoms with van der Waals surface area (Å²) in [7, 11) is 0. The van der Waals surface area contributed by atoms with Crippen LogP contribution in [0.15, 0.2) is 64.8 Å². The van der Waals surface area contributed by atoms with Crippen LogP contribution in [0.5, 0.6) is 0 Å². The highest BCUT2D eigenvalue weighted by atomic mass is 32.1. The molecule has 10 heteroatoms. The van der Waals surface area contributed by atoms with Gasteiger partial charge in [-0.05, 0) is 41.8 Å². The Hall–Kier alpha value is -3.92. The molecule has 0 radical (unpaired) electrons. The van der Waals surface area contributed by atoms with Crippen molar-refractivity contribution in [1.82, 2.24) is 24.7 Å². The van der Waals surface area contributed by atoms with Gasteiger partial charge in [0.25, 0.3) is 5.89 Å². The van der Waals surface area contributed by atoms with Crippen molar-refractivity contribution in [3.63, 3.8) is 0 Å². The molecule has 0 N–H and O–H groups in total. The molecule has 4 heterocycles. The number of benzene rings is 1. The van der Waals surface area contributed by atoms with Gasteiger partial charge in [0.05, 0.1) is 16.8 Å². The summed E-state index contributed by atoms with van der Waals surface area (Å²) in [5, 5.41) is 10.1. The van der Waals surface area contributed by atoms with Crippen molar-refractivity contribution in [3.05, 3.63) is 77.5 Å². The van der Waals surface area contributed by atoms with Gasteiger partial charge in [-0.3, -0.25) is 0 Å². The normalized spacial score (nSPS) is 11.1. The molecular weight excluding hydrogens is 409 g/mol. The monoisotopic (exact) mass is 421 g/mol. The molecule has 0 aliphatic carbocycles. The van der Waals surface area contributed by atoms with Crippen LogP contribution in [-0.2, 0) is 11.3 Å². The third-order valence-corrected chi connectivity index (χ3v) is 5.18. The van der Waals surface area contributed by atoms with Gasteiger partial charge < -0.3 is 9.26 Å². The predicted molar refractivity (Wildman–Crippen MR) is 105 cm³/mol. The molecule has 0 amide bonds. The van der Waals surface area contributed by atoms with Crippen molar-refractivity contribution in [2.75, 3.05) is 0 Å². The quantitative estimate of drug-likeness (QED) is 0.396. The molecule has 1 aromatic carbocycles. The standard InChI is InChI=1S/C20H12FN5O3S/c21-13-5-3-12(4-6-13)18-24-17(29-25-18)11-28-20(27)14-10-23-26-15(7-8-22-19(14)26)16-2-1-9-30-16/h1-10H,11H2. The highest BCUT2D eigenvalue weighted by Crippen LogP contribution is 2.25. The second-order valence-corrected chi connectivity index (χ2v) is 7.14. The lowest BCUT2D eigenvalue weighted by Gasteiger charge is -2.03. The Balaban J connectivity index is 1.33. The van der Waals surface area contributed by atoms with E-state index < -0.39 is 5.97 Å². The molecule has 0 aliphatic rings. The second kappa shape index (κ2) is 7.48. The first-order valence-corrected chi connectivity index (χ1v) is 9.69. The first-order chi connectivity index (χ1) is 14.7. The largest absolute Gasteiger partial charge is 0.452 e. The Labute approximate surface area is 172 Å². The molecule has 5 rings (SSSR count). The summed E-state index contributed by atoms with van der Waals surface area (Å²) in [4.78, 5) is 22.0. The summed E-state index contributed by atoms with van der Waals surface area (Å²) < 4.78 is 25.0. The van der Waals surface area contributed by atoms with Crippen LogP contribution in [-0.4, -0.2) is 30.7 Å². The number of fused-ring (bicyclic) bond motifs is 1. The van der Waals surface area contributed by atoms with Gasteiger partial charge in [-0.2, -0.15) is 10.1 Å². The molecular formula is C20H12FN5O3S. The van der Waals surface area contributed by atoms with Crippen LogP contribution in [0.3, 0.4) is 0 Å². The Morgan fingerprint density at radius 2 is 2.07 bits per heavy atom. The van der Waals surface area contributed by atoms with Crippen LogP contribution in [0.4, 0.5) is 4.39 Å². The topological polar surface area (TPSA) is 95.4 Å². The Morgan fingerprint density at radius 3 is 2.87 bits per heavy atom. The number of aromatic nitrogens is 5. The van der Waals surface area contributed by atoms with Crippen LogP contribution >= 0.6 is 11.3 Å². The zero-order valence-electron chi connectivity index (χ0n) is 15.2. The molecule has 5 aromatic rings. The van der Waals surface area contributed by atoms with Gasteiger partial charge in [0, 0.05) is 11.8 Å². The molecule has 30 heavy (non-hydrogen) atoms. The summed E-state index contributed by atoms with van der Waals surface area (Å²) in [6.07, 6.45) is 3.04. The molecule has 8 nitrogen and oxygen atoms in total. The fourth-order valence-electron chi connectivity index (χ4n) is 2.88. The zero-order valence-corrected chi connectivity index (χ0v) is 16.0. The number of thiophene rings is 1. The van der Waals surface area contributed by atoms with Crippen molar-refractivity contribution in [2.24, 2.45) is 0 Å². The molecule has 0 fully saturated rings. The lowest BCUT2D eigenvalue weighted by Crippen LogP contribution is -2.06. The van der Waals surface area contributed by atoms with E-state index in [1.807, 2.05) is 23.6 Å². The third kappa shape index (κ3) is 3.33. The molecule has 148 valence electrons. The van der Waals surface area contributed by atoms with Gasteiger partial charge in [0.1, 0.15) is 11.4 Å². The molecule has 0 bridgehead atoms. The molecule has 0 aliphatic heterocycles. The van der Waals surface area contributed by atoms with Gasteiger partial charge in [-0.1, -0.05) is 11.2 Å². The van der Waals surface area contributed by atoms with Crippen LogP contribution in [0, 0.1) is 5.82 Å². The van der Waals surface area contributed by atoms with Crippen molar-refractivity contribution in [2.45, 2.75) is 6.61 Å². The van der Waals surface area contributed by atoms with E-state index in [1.54, 1.807) is 22.0 Å². The summed E-state index contributed by atoms with van der Waals surface area (Å²) in [6.45, 7) is -0.213. The third-order valence-electron chi connectivity index (χ3n) is 4.29. The fourth-order valence-corrected chi connectivity index (χ4v) is 3.62. The summed E-state index contributed by atoms with van der Waals surface area (Å²) in [5.41, 5.74) is 2.04. The van der Waals surface area contributed by atoms with Crippen molar-refractivity contribution in [3.8, 4) is 22.0 Å². The maximum atomic E-state index is 13.0. The van der Waals surface area contributed by atoms with Crippen LogP contribution < -0.4 is 0 Å². The van der Waals surface area contributed by atoms with Gasteiger partial charge >= 0.3 is 5.97 Å². The van der Waals surface area contributed by atoms with Gasteiger partial charge in [0.15, 0.2) is 12.3 Å². The summed E-state index contributed by atoms with van der Waals surface area (Å²) in [6, 6.07) is 11.4. The van der Waals surface area contributed by atoms with Crippen molar-refractivity contribution in [1.29, 1.82) is 0 Å². The Bertz CT molecular complexity index is 1330. The minimum Gasteiger partial charge on any atom is -0.452 e. The SMILES string of the molecule is O=C(OCc1nc(-c2ccc(F)cc2)no1)c1cnn2c(-c3cccs3)ccnc12. The first-order valence-electron chi connectivity index (χ1n) is 8.81. The van der Waals surface area contributed by atoms with E-state index in [1.165, 1.54) is 30.5 Å². The number of hydrogen-bond acceptors (Lipinski definition) is 8. The number of carbonyl (C=O) groups is 1. The van der Waals surface area contributed by atoms with E-state index in [9.17, 15) is 9.18 Å². The van der Waals surface area contributed by atoms with Crippen LogP contribution in [0.25, 0.3) is 27.6 Å². The summed E-state index contributed by atoms with van der Waals surface area (Å²) >= 11 is 1.56. The fraction of sp³-hybridized carbons (Fsp3) is 0.0500. The minimum atomic E-state index is -0.609. The molecule has 0 spiro atoms. The average molecular weight is 421 g/mol. The van der Waals surface area contributed by atoms with E-state index >= 15 is 0 Å². The predicted octanol–water partition coefficient (Wildman–Crippen LogP) is 4.00. The number of ether oxygens (including phenoxy) is 1. The zero-order chi connectivity index (χ0) is 20.5. The minimum absolute atomic E-state index is 0.117. The highest BCUT2D eigenvalue weighted by molar-refractivity contribution is 7.13. The lowest BCUT2D eigenvalue weighted by molar-refractivity contribution is 0.0432. The van der Waals surface area contributed by atoms with Crippen molar-refractivity contribution < 1.29 is 18.4 Å². The molecule has 0 unspecified atom stereocenters. The second-order valence-electron chi connectivity index (χ2n) is 6.20. The molecule has 0 saturated carbocycles. The number of rotatable bonds is 5. The molecule has 4 aromatic heterocycles. The number of esters is 1. The molecule has 0 atom stereocenters. The number of hydrogen-bond donors (Lipinski definition) is 0. The Morgan fingerprint density at radius 1 is 1.20 bits per heavy atom. The van der Waals surface area contributed by atoms with E-state index in [2.05, 4.69) is 20.2 Å². The Kier molecular flexibility index (Phi) is 4.52. The van der Waals surface area contributed by atoms with Crippen LogP contribution in [0.1, 0.15) is 16.2 Å². The smallest absolute Gasteiger partial charge is 0.344 e.